The smallest absolute Gasteiger partial charge is 0.221 e. The van der Waals surface area contributed by atoms with Crippen LogP contribution in [0.25, 0.3) is 0 Å². The maximum atomic E-state index is 11.2. The zero-order chi connectivity index (χ0) is 11.9. The first kappa shape index (κ1) is 13.9. The van der Waals surface area contributed by atoms with Crippen LogP contribution in [0.4, 0.5) is 0 Å². The Balaban J connectivity index is 3.62. The lowest BCUT2D eigenvalue weighted by molar-refractivity contribution is -0.122. The summed E-state index contributed by atoms with van der Waals surface area (Å²) in [5.74, 6) is -0.260. The second-order valence-electron chi connectivity index (χ2n) is 4.33. The molecule has 5 heteroatoms. The van der Waals surface area contributed by atoms with Gasteiger partial charge in [0.05, 0.1) is 0 Å². The normalized spacial score (nSPS) is 10.9. The number of aliphatic hydroxyl groups excluding tert-OH is 1. The van der Waals surface area contributed by atoms with Crippen LogP contribution in [0.1, 0.15) is 27.2 Å². The highest BCUT2D eigenvalue weighted by atomic mass is 16.3. The van der Waals surface area contributed by atoms with Gasteiger partial charge in [-0.05, 0) is 0 Å². The molecule has 0 saturated carbocycles. The fourth-order valence-electron chi connectivity index (χ4n) is 0.834. The predicted molar refractivity (Wildman–Crippen MR) is 57.2 cm³/mol. The molecule has 0 aliphatic rings. The van der Waals surface area contributed by atoms with E-state index >= 15 is 0 Å². The number of rotatable bonds is 6. The van der Waals surface area contributed by atoms with Crippen LogP contribution >= 0.6 is 0 Å². The van der Waals surface area contributed by atoms with Crippen molar-refractivity contribution >= 4 is 11.8 Å². The van der Waals surface area contributed by atoms with Crippen LogP contribution in [-0.4, -0.2) is 36.6 Å². The standard InChI is InChI=1S/C10H20N2O3/c1-8(14)11-5-4-9(15)12-6-10(2,3)7-13/h13H,4-7H2,1-3H3,(H,11,14)(H,12,15). The van der Waals surface area contributed by atoms with E-state index < -0.39 is 0 Å². The quantitative estimate of drug-likeness (QED) is 0.567. The van der Waals surface area contributed by atoms with Crippen LogP contribution in [0.15, 0.2) is 0 Å². The van der Waals surface area contributed by atoms with E-state index in [-0.39, 0.29) is 30.3 Å². The van der Waals surface area contributed by atoms with Gasteiger partial charge in [0.25, 0.3) is 0 Å². The van der Waals surface area contributed by atoms with Gasteiger partial charge in [-0.1, -0.05) is 13.8 Å². The molecule has 0 unspecified atom stereocenters. The van der Waals surface area contributed by atoms with Gasteiger partial charge < -0.3 is 15.7 Å². The summed E-state index contributed by atoms with van der Waals surface area (Å²) in [4.78, 5) is 21.8. The minimum absolute atomic E-state index is 0.0268. The summed E-state index contributed by atoms with van der Waals surface area (Å²) in [7, 11) is 0. The van der Waals surface area contributed by atoms with Gasteiger partial charge in [0.15, 0.2) is 0 Å². The maximum Gasteiger partial charge on any atom is 0.221 e. The third-order valence-electron chi connectivity index (χ3n) is 1.92. The minimum atomic E-state index is -0.302. The van der Waals surface area contributed by atoms with E-state index in [1.807, 2.05) is 13.8 Å². The van der Waals surface area contributed by atoms with Crippen molar-refractivity contribution in [1.29, 1.82) is 0 Å². The number of carbonyl (C=O) groups is 2. The van der Waals surface area contributed by atoms with Crippen molar-refractivity contribution < 1.29 is 14.7 Å². The van der Waals surface area contributed by atoms with Crippen molar-refractivity contribution in [3.8, 4) is 0 Å². The molecule has 0 fully saturated rings. The van der Waals surface area contributed by atoms with E-state index in [4.69, 9.17) is 5.11 Å². The molecule has 88 valence electrons. The van der Waals surface area contributed by atoms with E-state index in [0.717, 1.165) is 0 Å². The van der Waals surface area contributed by atoms with Gasteiger partial charge in [-0.25, -0.2) is 0 Å². The van der Waals surface area contributed by atoms with Crippen LogP contribution in [-0.2, 0) is 9.59 Å². The Labute approximate surface area is 90.2 Å². The Morgan fingerprint density at radius 3 is 2.33 bits per heavy atom. The lowest BCUT2D eigenvalue weighted by Gasteiger charge is -2.21. The highest BCUT2D eigenvalue weighted by Crippen LogP contribution is 2.10. The molecule has 15 heavy (non-hydrogen) atoms. The molecule has 0 aliphatic carbocycles. The molecule has 0 aliphatic heterocycles. The van der Waals surface area contributed by atoms with E-state index in [1.165, 1.54) is 6.92 Å². The number of carbonyl (C=O) groups excluding carboxylic acids is 2. The van der Waals surface area contributed by atoms with Crippen LogP contribution in [0.3, 0.4) is 0 Å². The highest BCUT2D eigenvalue weighted by molar-refractivity contribution is 5.77. The molecule has 0 rings (SSSR count). The van der Waals surface area contributed by atoms with Gasteiger partial charge >= 0.3 is 0 Å². The van der Waals surface area contributed by atoms with Gasteiger partial charge in [0.2, 0.25) is 11.8 Å². The average molecular weight is 216 g/mol. The fraction of sp³-hybridized carbons (Fsp3) is 0.800. The zero-order valence-electron chi connectivity index (χ0n) is 9.59. The van der Waals surface area contributed by atoms with E-state index in [2.05, 4.69) is 10.6 Å². The van der Waals surface area contributed by atoms with Crippen LogP contribution in [0, 0.1) is 5.41 Å². The Morgan fingerprint density at radius 1 is 1.27 bits per heavy atom. The van der Waals surface area contributed by atoms with Crippen molar-refractivity contribution in [2.24, 2.45) is 5.41 Å². The Bertz CT molecular complexity index is 227. The molecule has 3 N–H and O–H groups in total. The van der Waals surface area contributed by atoms with Crippen molar-refractivity contribution in [2.75, 3.05) is 19.7 Å². The van der Waals surface area contributed by atoms with E-state index in [1.54, 1.807) is 0 Å². The summed E-state index contributed by atoms with van der Waals surface area (Å²) >= 11 is 0. The first-order valence-corrected chi connectivity index (χ1v) is 4.99. The third kappa shape index (κ3) is 7.93. The lowest BCUT2D eigenvalue weighted by Crippen LogP contribution is -2.37. The zero-order valence-corrected chi connectivity index (χ0v) is 9.59. The molecule has 2 amide bonds. The molecular formula is C10H20N2O3. The predicted octanol–water partition coefficient (Wildman–Crippen LogP) is -0.353. The SMILES string of the molecule is CC(=O)NCCC(=O)NCC(C)(C)CO. The highest BCUT2D eigenvalue weighted by Gasteiger charge is 2.17. The molecule has 0 aromatic carbocycles. The van der Waals surface area contributed by atoms with Crippen LogP contribution < -0.4 is 10.6 Å². The first-order valence-electron chi connectivity index (χ1n) is 4.99. The molecule has 0 atom stereocenters. The minimum Gasteiger partial charge on any atom is -0.396 e. The first-order chi connectivity index (χ1) is 6.87. The number of nitrogens with one attached hydrogen (secondary N) is 2. The van der Waals surface area contributed by atoms with E-state index in [9.17, 15) is 9.59 Å². The largest absolute Gasteiger partial charge is 0.396 e. The van der Waals surface area contributed by atoms with E-state index in [0.29, 0.717) is 13.1 Å². The monoisotopic (exact) mass is 216 g/mol. The summed E-state index contributed by atoms with van der Waals surface area (Å²) in [5, 5.41) is 14.2. The van der Waals surface area contributed by atoms with Gasteiger partial charge in [-0.2, -0.15) is 0 Å². The van der Waals surface area contributed by atoms with Gasteiger partial charge in [0.1, 0.15) is 0 Å². The average Bonchev–Trinajstić information content (AvgIpc) is 2.14. The second-order valence-corrected chi connectivity index (χ2v) is 4.33. The number of amides is 2. The molecule has 0 radical (unpaired) electrons. The maximum absolute atomic E-state index is 11.2. The van der Waals surface area contributed by atoms with Crippen molar-refractivity contribution in [2.45, 2.75) is 27.2 Å². The summed E-state index contributed by atoms with van der Waals surface area (Å²) in [5.41, 5.74) is -0.302. The molecule has 0 bridgehead atoms. The molecule has 0 saturated heterocycles. The van der Waals surface area contributed by atoms with Gasteiger partial charge in [-0.15, -0.1) is 0 Å². The number of aliphatic hydroxyl groups is 1. The molecule has 0 aromatic heterocycles. The molecule has 0 spiro atoms. The topological polar surface area (TPSA) is 78.4 Å². The summed E-state index contributed by atoms with van der Waals surface area (Å²) in [6.45, 7) is 5.94. The van der Waals surface area contributed by atoms with Crippen molar-refractivity contribution in [1.82, 2.24) is 10.6 Å². The molecular weight excluding hydrogens is 196 g/mol. The number of hydrogen-bond acceptors (Lipinski definition) is 3. The fourth-order valence-corrected chi connectivity index (χ4v) is 0.834. The summed E-state index contributed by atoms with van der Waals surface area (Å²) in [6, 6.07) is 0. The molecule has 0 aromatic rings. The summed E-state index contributed by atoms with van der Waals surface area (Å²) in [6.07, 6.45) is 0.265. The van der Waals surface area contributed by atoms with Crippen molar-refractivity contribution in [3.05, 3.63) is 0 Å². The Kier molecular flexibility index (Phi) is 5.93. The van der Waals surface area contributed by atoms with Gasteiger partial charge in [0, 0.05) is 38.5 Å². The summed E-state index contributed by atoms with van der Waals surface area (Å²) < 4.78 is 0. The Hall–Kier alpha value is -1.10. The lowest BCUT2D eigenvalue weighted by atomic mass is 9.95. The molecule has 5 nitrogen and oxygen atoms in total. The van der Waals surface area contributed by atoms with Gasteiger partial charge in [-0.3, -0.25) is 9.59 Å². The third-order valence-corrected chi connectivity index (χ3v) is 1.92. The van der Waals surface area contributed by atoms with Crippen molar-refractivity contribution in [3.63, 3.8) is 0 Å². The molecule has 0 heterocycles. The van der Waals surface area contributed by atoms with Crippen LogP contribution in [0.2, 0.25) is 0 Å². The number of hydrogen-bond donors (Lipinski definition) is 3. The second kappa shape index (κ2) is 6.40. The van der Waals surface area contributed by atoms with Crippen LogP contribution in [0.5, 0.6) is 0 Å². The Morgan fingerprint density at radius 2 is 1.87 bits per heavy atom.